The lowest BCUT2D eigenvalue weighted by atomic mass is 10.2. The first-order chi connectivity index (χ1) is 13.1. The third-order valence-electron chi connectivity index (χ3n) is 5.46. The summed E-state index contributed by atoms with van der Waals surface area (Å²) in [5.41, 5.74) is 0. The van der Waals surface area contributed by atoms with E-state index in [1.165, 1.54) is 22.7 Å². The molecule has 2 aromatic rings. The number of carbonyl (C=O) groups excluding carboxylic acids is 2. The molecule has 4 rings (SSSR count). The van der Waals surface area contributed by atoms with Gasteiger partial charge in [0, 0.05) is 26.6 Å². The summed E-state index contributed by atoms with van der Waals surface area (Å²) in [4.78, 5) is 29.4. The molecule has 144 valence electrons. The van der Waals surface area contributed by atoms with Crippen LogP contribution in [0.5, 0.6) is 0 Å². The molecule has 1 atom stereocenters. The quantitative estimate of drug-likeness (QED) is 0.808. The van der Waals surface area contributed by atoms with Crippen molar-refractivity contribution in [2.24, 2.45) is 0 Å². The number of likely N-dealkylation sites (N-methyl/N-ethyl adjacent to an activating group) is 1. The largest absolute Gasteiger partial charge is 0.332 e. The van der Waals surface area contributed by atoms with E-state index in [0.29, 0.717) is 11.4 Å². The molecule has 0 saturated carbocycles. The SMILES string of the molecule is CN(CC(=O)N1CCC[C@@H]1c1nnc2n1CCCCC2)C(=O)c1cccs1. The zero-order valence-corrected chi connectivity index (χ0v) is 16.5. The molecule has 27 heavy (non-hydrogen) atoms. The van der Waals surface area contributed by atoms with Crippen LogP contribution >= 0.6 is 11.3 Å². The first-order valence-electron chi connectivity index (χ1n) is 9.65. The van der Waals surface area contributed by atoms with E-state index in [2.05, 4.69) is 14.8 Å². The van der Waals surface area contributed by atoms with Crippen molar-refractivity contribution in [1.82, 2.24) is 24.6 Å². The van der Waals surface area contributed by atoms with Gasteiger partial charge in [0.25, 0.3) is 5.91 Å². The normalized spacial score (nSPS) is 19.6. The van der Waals surface area contributed by atoms with Crippen molar-refractivity contribution in [2.75, 3.05) is 20.1 Å². The van der Waals surface area contributed by atoms with Gasteiger partial charge in [-0.25, -0.2) is 0 Å². The van der Waals surface area contributed by atoms with Crippen LogP contribution in [0, 0.1) is 0 Å². The minimum absolute atomic E-state index is 0.0177. The highest BCUT2D eigenvalue weighted by atomic mass is 32.1. The number of likely N-dealkylation sites (tertiary alicyclic amines) is 1. The summed E-state index contributed by atoms with van der Waals surface area (Å²) in [6, 6.07) is 3.61. The third-order valence-corrected chi connectivity index (χ3v) is 6.32. The van der Waals surface area contributed by atoms with E-state index in [1.807, 2.05) is 16.3 Å². The minimum atomic E-state index is -0.106. The maximum atomic E-state index is 12.9. The molecule has 4 heterocycles. The molecule has 1 fully saturated rings. The van der Waals surface area contributed by atoms with E-state index in [9.17, 15) is 9.59 Å². The fraction of sp³-hybridized carbons (Fsp3) is 0.579. The summed E-state index contributed by atoms with van der Waals surface area (Å²) in [7, 11) is 1.69. The molecule has 2 aliphatic rings. The fourth-order valence-electron chi connectivity index (χ4n) is 4.04. The van der Waals surface area contributed by atoms with Gasteiger partial charge in [-0.05, 0) is 37.1 Å². The lowest BCUT2D eigenvalue weighted by Crippen LogP contribution is -2.41. The number of amides is 2. The van der Waals surface area contributed by atoms with Crippen molar-refractivity contribution in [1.29, 1.82) is 0 Å². The van der Waals surface area contributed by atoms with Gasteiger partial charge in [0.05, 0.1) is 17.5 Å². The van der Waals surface area contributed by atoms with Gasteiger partial charge in [-0.2, -0.15) is 0 Å². The Morgan fingerprint density at radius 2 is 2.11 bits per heavy atom. The Morgan fingerprint density at radius 3 is 2.93 bits per heavy atom. The molecule has 7 nitrogen and oxygen atoms in total. The summed E-state index contributed by atoms with van der Waals surface area (Å²) >= 11 is 1.40. The molecular formula is C19H25N5O2S. The van der Waals surface area contributed by atoms with Crippen LogP contribution in [-0.4, -0.2) is 56.5 Å². The van der Waals surface area contributed by atoms with Crippen LogP contribution in [0.2, 0.25) is 0 Å². The van der Waals surface area contributed by atoms with Gasteiger partial charge in [-0.15, -0.1) is 21.5 Å². The molecule has 0 aliphatic carbocycles. The van der Waals surface area contributed by atoms with Gasteiger partial charge >= 0.3 is 0 Å². The number of nitrogens with zero attached hydrogens (tertiary/aromatic N) is 5. The lowest BCUT2D eigenvalue weighted by molar-refractivity contribution is -0.132. The summed E-state index contributed by atoms with van der Waals surface area (Å²) in [5.74, 6) is 1.85. The molecule has 0 spiro atoms. The van der Waals surface area contributed by atoms with Crippen molar-refractivity contribution < 1.29 is 9.59 Å². The third kappa shape index (κ3) is 3.63. The van der Waals surface area contributed by atoms with Crippen LogP contribution in [-0.2, 0) is 17.8 Å². The van der Waals surface area contributed by atoms with E-state index < -0.39 is 0 Å². The Labute approximate surface area is 163 Å². The number of carbonyl (C=O) groups is 2. The maximum absolute atomic E-state index is 12.9. The lowest BCUT2D eigenvalue weighted by Gasteiger charge is -2.27. The summed E-state index contributed by atoms with van der Waals surface area (Å²) in [6.07, 6.45) is 6.34. The molecule has 0 radical (unpaired) electrons. The fourth-order valence-corrected chi connectivity index (χ4v) is 4.76. The summed E-state index contributed by atoms with van der Waals surface area (Å²) in [5, 5.41) is 10.7. The van der Waals surface area contributed by atoms with Crippen molar-refractivity contribution >= 4 is 23.2 Å². The van der Waals surface area contributed by atoms with E-state index in [1.54, 1.807) is 13.1 Å². The summed E-state index contributed by atoms with van der Waals surface area (Å²) < 4.78 is 2.23. The Hall–Kier alpha value is -2.22. The van der Waals surface area contributed by atoms with E-state index in [4.69, 9.17) is 0 Å². The molecule has 1 saturated heterocycles. The second-order valence-corrected chi connectivity index (χ2v) is 8.27. The van der Waals surface area contributed by atoms with Gasteiger partial charge in [-0.1, -0.05) is 12.5 Å². The highest BCUT2D eigenvalue weighted by Gasteiger charge is 2.35. The van der Waals surface area contributed by atoms with Gasteiger partial charge in [0.15, 0.2) is 5.82 Å². The van der Waals surface area contributed by atoms with E-state index >= 15 is 0 Å². The highest BCUT2D eigenvalue weighted by molar-refractivity contribution is 7.12. The molecule has 0 N–H and O–H groups in total. The number of thiophene rings is 1. The number of hydrogen-bond donors (Lipinski definition) is 0. The average molecular weight is 388 g/mol. The second kappa shape index (κ2) is 7.80. The van der Waals surface area contributed by atoms with Gasteiger partial charge in [0.2, 0.25) is 5.91 Å². The zero-order chi connectivity index (χ0) is 18.8. The smallest absolute Gasteiger partial charge is 0.264 e. The van der Waals surface area contributed by atoms with Crippen LogP contribution < -0.4 is 0 Å². The van der Waals surface area contributed by atoms with Crippen molar-refractivity contribution in [2.45, 2.75) is 51.1 Å². The highest BCUT2D eigenvalue weighted by Crippen LogP contribution is 2.32. The first kappa shape index (κ1) is 18.2. The average Bonchev–Trinajstić information content (AvgIpc) is 3.39. The van der Waals surface area contributed by atoms with Crippen molar-refractivity contribution in [3.63, 3.8) is 0 Å². The number of fused-ring (bicyclic) bond motifs is 1. The summed E-state index contributed by atoms with van der Waals surface area (Å²) in [6.45, 7) is 1.74. The predicted octanol–water partition coefficient (Wildman–Crippen LogP) is 2.50. The molecule has 0 bridgehead atoms. The molecule has 2 aromatic heterocycles. The van der Waals surface area contributed by atoms with E-state index in [0.717, 1.165) is 50.3 Å². The Morgan fingerprint density at radius 1 is 1.22 bits per heavy atom. The molecule has 8 heteroatoms. The van der Waals surface area contributed by atoms with Crippen molar-refractivity contribution in [3.05, 3.63) is 34.0 Å². The zero-order valence-electron chi connectivity index (χ0n) is 15.6. The second-order valence-electron chi connectivity index (χ2n) is 7.32. The molecule has 2 amide bonds. The number of hydrogen-bond acceptors (Lipinski definition) is 5. The number of rotatable bonds is 4. The molecular weight excluding hydrogens is 362 g/mol. The van der Waals surface area contributed by atoms with E-state index in [-0.39, 0.29) is 24.4 Å². The Balaban J connectivity index is 1.47. The standard InChI is InChI=1S/C19H25N5O2S/c1-22(19(26)15-8-6-12-27-15)13-17(25)23-11-5-7-14(23)18-21-20-16-9-3-2-4-10-24(16)18/h6,8,12,14H,2-5,7,9-11,13H2,1H3/t14-/m1/s1. The van der Waals surface area contributed by atoms with Crippen molar-refractivity contribution in [3.8, 4) is 0 Å². The topological polar surface area (TPSA) is 71.3 Å². The number of aryl methyl sites for hydroxylation is 1. The maximum Gasteiger partial charge on any atom is 0.264 e. The van der Waals surface area contributed by atoms with Crippen LogP contribution in [0.15, 0.2) is 17.5 Å². The minimum Gasteiger partial charge on any atom is -0.332 e. The Bertz CT molecular complexity index is 816. The monoisotopic (exact) mass is 387 g/mol. The van der Waals surface area contributed by atoms with Crippen LogP contribution in [0.1, 0.15) is 59.5 Å². The van der Waals surface area contributed by atoms with Crippen LogP contribution in [0.3, 0.4) is 0 Å². The first-order valence-corrected chi connectivity index (χ1v) is 10.5. The van der Waals surface area contributed by atoms with Crippen LogP contribution in [0.4, 0.5) is 0 Å². The van der Waals surface area contributed by atoms with Gasteiger partial charge < -0.3 is 14.4 Å². The molecule has 0 aromatic carbocycles. The molecule has 0 unspecified atom stereocenters. The van der Waals surface area contributed by atoms with Gasteiger partial charge in [-0.3, -0.25) is 9.59 Å². The molecule has 2 aliphatic heterocycles. The Kier molecular flexibility index (Phi) is 5.24. The van der Waals surface area contributed by atoms with Crippen LogP contribution in [0.25, 0.3) is 0 Å². The van der Waals surface area contributed by atoms with Gasteiger partial charge in [0.1, 0.15) is 5.82 Å². The number of aromatic nitrogens is 3. The predicted molar refractivity (Wildman–Crippen MR) is 103 cm³/mol.